The van der Waals surface area contributed by atoms with E-state index in [2.05, 4.69) is 5.32 Å². The standard InChI is InChI=1S/C19H28N2O5/c1-23-17-4-3-16(11-18(17)24-2)25-12-15-13-26-19(22)21(15)10-7-14-5-8-20-9-6-14/h3-4,11,14-15,20H,5-10,12-13H2,1-2H3. The van der Waals surface area contributed by atoms with Crippen molar-refractivity contribution < 1.29 is 23.7 Å². The molecule has 0 aliphatic carbocycles. The van der Waals surface area contributed by atoms with Crippen molar-refractivity contribution in [1.29, 1.82) is 0 Å². The molecular weight excluding hydrogens is 336 g/mol. The summed E-state index contributed by atoms with van der Waals surface area (Å²) in [6.45, 7) is 3.64. The van der Waals surface area contributed by atoms with E-state index in [1.54, 1.807) is 26.4 Å². The molecule has 7 heteroatoms. The summed E-state index contributed by atoms with van der Waals surface area (Å²) in [7, 11) is 3.19. The van der Waals surface area contributed by atoms with Crippen LogP contribution in [-0.2, 0) is 4.74 Å². The van der Waals surface area contributed by atoms with E-state index in [9.17, 15) is 4.79 Å². The van der Waals surface area contributed by atoms with Crippen LogP contribution in [0.5, 0.6) is 17.2 Å². The summed E-state index contributed by atoms with van der Waals surface area (Å²) in [5.74, 6) is 2.63. The first-order chi connectivity index (χ1) is 12.7. The van der Waals surface area contributed by atoms with E-state index >= 15 is 0 Å². The summed E-state index contributed by atoms with van der Waals surface area (Å²) < 4.78 is 21.6. The van der Waals surface area contributed by atoms with Crippen molar-refractivity contribution in [3.05, 3.63) is 18.2 Å². The molecule has 2 heterocycles. The average molecular weight is 364 g/mol. The van der Waals surface area contributed by atoms with Gasteiger partial charge in [0.25, 0.3) is 0 Å². The zero-order valence-corrected chi connectivity index (χ0v) is 15.5. The van der Waals surface area contributed by atoms with E-state index in [-0.39, 0.29) is 12.1 Å². The molecule has 0 aromatic heterocycles. The number of hydrogen-bond acceptors (Lipinski definition) is 6. The lowest BCUT2D eigenvalue weighted by Gasteiger charge is -2.26. The maximum absolute atomic E-state index is 12.1. The third kappa shape index (κ3) is 4.52. The van der Waals surface area contributed by atoms with Gasteiger partial charge in [-0.25, -0.2) is 4.79 Å². The number of amides is 1. The molecular formula is C19H28N2O5. The highest BCUT2D eigenvalue weighted by molar-refractivity contribution is 5.70. The summed E-state index contributed by atoms with van der Waals surface area (Å²) in [5, 5.41) is 3.37. The fourth-order valence-electron chi connectivity index (χ4n) is 3.49. The van der Waals surface area contributed by atoms with Crippen LogP contribution < -0.4 is 19.5 Å². The first-order valence-electron chi connectivity index (χ1n) is 9.20. The Kier molecular flexibility index (Phi) is 6.44. The van der Waals surface area contributed by atoms with E-state index in [1.165, 1.54) is 12.8 Å². The zero-order valence-electron chi connectivity index (χ0n) is 15.5. The van der Waals surface area contributed by atoms with Gasteiger partial charge in [-0.2, -0.15) is 0 Å². The van der Waals surface area contributed by atoms with Gasteiger partial charge >= 0.3 is 6.09 Å². The van der Waals surface area contributed by atoms with Crippen LogP contribution in [-0.4, -0.2) is 64.1 Å². The zero-order chi connectivity index (χ0) is 18.4. The van der Waals surface area contributed by atoms with Gasteiger partial charge in [-0.3, -0.25) is 4.90 Å². The average Bonchev–Trinajstić information content (AvgIpc) is 3.04. The highest BCUT2D eigenvalue weighted by Crippen LogP contribution is 2.31. The normalized spacial score (nSPS) is 20.8. The monoisotopic (exact) mass is 364 g/mol. The fraction of sp³-hybridized carbons (Fsp3) is 0.632. The fourth-order valence-corrected chi connectivity index (χ4v) is 3.49. The number of methoxy groups -OCH3 is 2. The Labute approximate surface area is 154 Å². The predicted molar refractivity (Wildman–Crippen MR) is 97.1 cm³/mol. The summed E-state index contributed by atoms with van der Waals surface area (Å²) in [6, 6.07) is 5.37. The van der Waals surface area contributed by atoms with Crippen LogP contribution in [0.4, 0.5) is 4.79 Å². The molecule has 0 saturated carbocycles. The van der Waals surface area contributed by atoms with Crippen LogP contribution in [0.15, 0.2) is 18.2 Å². The van der Waals surface area contributed by atoms with Crippen LogP contribution in [0.2, 0.25) is 0 Å². The maximum Gasteiger partial charge on any atom is 0.410 e. The minimum absolute atomic E-state index is 0.0580. The molecule has 2 aliphatic heterocycles. The first kappa shape index (κ1) is 18.6. The molecule has 1 unspecified atom stereocenters. The third-order valence-electron chi connectivity index (χ3n) is 5.11. The smallest absolute Gasteiger partial charge is 0.410 e. The van der Waals surface area contributed by atoms with Crippen molar-refractivity contribution in [2.75, 3.05) is 47.1 Å². The Hall–Kier alpha value is -2.15. The second-order valence-electron chi connectivity index (χ2n) is 6.73. The van der Waals surface area contributed by atoms with Gasteiger partial charge in [-0.15, -0.1) is 0 Å². The molecule has 1 amide bonds. The molecule has 2 aliphatic rings. The summed E-state index contributed by atoms with van der Waals surface area (Å²) >= 11 is 0. The highest BCUT2D eigenvalue weighted by atomic mass is 16.6. The van der Waals surface area contributed by atoms with Crippen molar-refractivity contribution in [3.8, 4) is 17.2 Å². The summed E-state index contributed by atoms with van der Waals surface area (Å²) in [4.78, 5) is 13.9. The van der Waals surface area contributed by atoms with E-state index in [1.807, 2.05) is 11.0 Å². The molecule has 0 bridgehead atoms. The van der Waals surface area contributed by atoms with Gasteiger partial charge in [0.15, 0.2) is 11.5 Å². The number of rotatable bonds is 8. The van der Waals surface area contributed by atoms with Crippen LogP contribution in [0.1, 0.15) is 19.3 Å². The maximum atomic E-state index is 12.1. The number of carbonyl (C=O) groups excluding carboxylic acids is 1. The molecule has 0 spiro atoms. The Morgan fingerprint density at radius 2 is 1.96 bits per heavy atom. The predicted octanol–water partition coefficient (Wildman–Crippen LogP) is 2.29. The number of ether oxygens (including phenoxy) is 4. The molecule has 1 N–H and O–H groups in total. The van der Waals surface area contributed by atoms with E-state index in [4.69, 9.17) is 18.9 Å². The van der Waals surface area contributed by atoms with Crippen molar-refractivity contribution >= 4 is 6.09 Å². The SMILES string of the molecule is COc1ccc(OCC2COC(=O)N2CCC2CCNCC2)cc1OC. The molecule has 1 aromatic carbocycles. The van der Waals surface area contributed by atoms with Gasteiger partial charge in [-0.1, -0.05) is 0 Å². The van der Waals surface area contributed by atoms with Gasteiger partial charge in [0.2, 0.25) is 0 Å². The number of hydrogen-bond donors (Lipinski definition) is 1. The molecule has 2 fully saturated rings. The van der Waals surface area contributed by atoms with Crippen LogP contribution >= 0.6 is 0 Å². The minimum atomic E-state index is -0.236. The van der Waals surface area contributed by atoms with Gasteiger partial charge in [0, 0.05) is 12.6 Å². The molecule has 3 rings (SSSR count). The van der Waals surface area contributed by atoms with Gasteiger partial charge < -0.3 is 24.3 Å². The van der Waals surface area contributed by atoms with Gasteiger partial charge in [-0.05, 0) is 50.4 Å². The van der Waals surface area contributed by atoms with E-state index < -0.39 is 0 Å². The number of piperidine rings is 1. The van der Waals surface area contributed by atoms with Crippen molar-refractivity contribution in [1.82, 2.24) is 10.2 Å². The van der Waals surface area contributed by atoms with Crippen LogP contribution in [0.25, 0.3) is 0 Å². The number of nitrogens with zero attached hydrogens (tertiary/aromatic N) is 1. The quantitative estimate of drug-likeness (QED) is 0.763. The Balaban J connectivity index is 1.53. The number of nitrogens with one attached hydrogen (secondary N) is 1. The second-order valence-corrected chi connectivity index (χ2v) is 6.73. The molecule has 7 nitrogen and oxygen atoms in total. The van der Waals surface area contributed by atoms with Gasteiger partial charge in [0.1, 0.15) is 25.0 Å². The summed E-state index contributed by atoms with van der Waals surface area (Å²) in [5.41, 5.74) is 0. The number of benzene rings is 1. The van der Waals surface area contributed by atoms with Crippen molar-refractivity contribution in [3.63, 3.8) is 0 Å². The van der Waals surface area contributed by atoms with Crippen molar-refractivity contribution in [2.45, 2.75) is 25.3 Å². The Bertz CT molecular complexity index is 604. The summed E-state index contributed by atoms with van der Waals surface area (Å²) in [6.07, 6.45) is 3.13. The topological polar surface area (TPSA) is 69.3 Å². The molecule has 26 heavy (non-hydrogen) atoms. The van der Waals surface area contributed by atoms with Gasteiger partial charge in [0.05, 0.1) is 14.2 Å². The molecule has 2 saturated heterocycles. The second kappa shape index (κ2) is 8.98. The minimum Gasteiger partial charge on any atom is -0.493 e. The van der Waals surface area contributed by atoms with Crippen LogP contribution in [0, 0.1) is 5.92 Å². The molecule has 144 valence electrons. The van der Waals surface area contributed by atoms with E-state index in [0.717, 1.165) is 26.1 Å². The lowest BCUT2D eigenvalue weighted by Crippen LogP contribution is -2.39. The van der Waals surface area contributed by atoms with Crippen molar-refractivity contribution in [2.24, 2.45) is 5.92 Å². The number of cyclic esters (lactones) is 1. The third-order valence-corrected chi connectivity index (χ3v) is 5.11. The Morgan fingerprint density at radius 3 is 2.69 bits per heavy atom. The molecule has 1 aromatic rings. The van der Waals surface area contributed by atoms with E-state index in [0.29, 0.717) is 36.4 Å². The molecule has 0 radical (unpaired) electrons. The number of carbonyl (C=O) groups is 1. The lowest BCUT2D eigenvalue weighted by atomic mass is 9.94. The Morgan fingerprint density at radius 1 is 1.19 bits per heavy atom. The highest BCUT2D eigenvalue weighted by Gasteiger charge is 2.33. The van der Waals surface area contributed by atoms with Crippen LogP contribution in [0.3, 0.4) is 0 Å². The largest absolute Gasteiger partial charge is 0.493 e. The molecule has 1 atom stereocenters. The lowest BCUT2D eigenvalue weighted by molar-refractivity contribution is 0.151. The first-order valence-corrected chi connectivity index (χ1v) is 9.20.